The van der Waals surface area contributed by atoms with Crippen LogP contribution in [0, 0.1) is 0 Å². The van der Waals surface area contributed by atoms with E-state index in [0.717, 1.165) is 24.0 Å². The van der Waals surface area contributed by atoms with Crippen molar-refractivity contribution in [3.05, 3.63) is 71.8 Å². The average Bonchev–Trinajstić information content (AvgIpc) is 3.54. The molecule has 2 heterocycles. The van der Waals surface area contributed by atoms with Crippen molar-refractivity contribution in [2.24, 2.45) is 0 Å². The third kappa shape index (κ3) is 5.40. The molecule has 0 unspecified atom stereocenters. The highest BCUT2D eigenvalue weighted by molar-refractivity contribution is 7.26. The summed E-state index contributed by atoms with van der Waals surface area (Å²) in [4.78, 5) is 0. The van der Waals surface area contributed by atoms with Crippen molar-refractivity contribution in [1.82, 2.24) is 0 Å². The molecule has 0 saturated carbocycles. The second-order valence-electron chi connectivity index (χ2n) is 11.8. The first-order valence-electron chi connectivity index (χ1n) is 16.0. The number of unbranched alkanes of at least 4 members (excludes halogenated alkanes) is 10. The number of benzene rings is 4. The molecule has 0 aliphatic rings. The lowest BCUT2D eigenvalue weighted by atomic mass is 9.90. The van der Waals surface area contributed by atoms with Crippen LogP contribution in [0.1, 0.15) is 102 Å². The lowest BCUT2D eigenvalue weighted by Crippen LogP contribution is -1.95. The molecular weight excluding hydrogens is 504 g/mol. The number of aryl methyl sites for hydroxylation is 2. The summed E-state index contributed by atoms with van der Waals surface area (Å²) in [7, 11) is 0. The minimum Gasteiger partial charge on any atom is -0.455 e. The van der Waals surface area contributed by atoms with Crippen molar-refractivity contribution in [1.29, 1.82) is 0 Å². The molecule has 40 heavy (non-hydrogen) atoms. The van der Waals surface area contributed by atoms with E-state index in [1.807, 2.05) is 11.3 Å². The number of thiophene rings is 1. The summed E-state index contributed by atoms with van der Waals surface area (Å²) in [6, 6.07) is 22.7. The molecule has 6 aromatic rings. The van der Waals surface area contributed by atoms with Crippen molar-refractivity contribution in [2.75, 3.05) is 0 Å². The fourth-order valence-corrected chi connectivity index (χ4v) is 7.98. The Labute approximate surface area is 243 Å². The van der Waals surface area contributed by atoms with E-state index < -0.39 is 0 Å². The Morgan fingerprint density at radius 2 is 1.12 bits per heavy atom. The second-order valence-corrected chi connectivity index (χ2v) is 12.9. The van der Waals surface area contributed by atoms with Gasteiger partial charge in [0.25, 0.3) is 0 Å². The molecule has 208 valence electrons. The number of fused-ring (bicyclic) bond motifs is 9. The molecule has 0 atom stereocenters. The maximum Gasteiger partial charge on any atom is 0.143 e. The second kappa shape index (κ2) is 12.8. The highest BCUT2D eigenvalue weighted by atomic mass is 32.1. The first-order chi connectivity index (χ1) is 19.8. The number of para-hydroxylation sites is 1. The Morgan fingerprint density at radius 3 is 1.85 bits per heavy atom. The number of furan rings is 1. The van der Waals surface area contributed by atoms with E-state index in [1.54, 1.807) is 0 Å². The van der Waals surface area contributed by atoms with E-state index in [2.05, 4.69) is 74.5 Å². The lowest BCUT2D eigenvalue weighted by molar-refractivity contribution is 0.607. The van der Waals surface area contributed by atoms with Crippen molar-refractivity contribution in [3.63, 3.8) is 0 Å². The Hall–Kier alpha value is -2.84. The summed E-state index contributed by atoms with van der Waals surface area (Å²) in [5.41, 5.74) is 5.11. The third-order valence-electron chi connectivity index (χ3n) is 8.85. The van der Waals surface area contributed by atoms with Gasteiger partial charge in [-0.2, -0.15) is 0 Å². The largest absolute Gasteiger partial charge is 0.455 e. The molecule has 0 aliphatic carbocycles. The fraction of sp³-hybridized carbons (Fsp3) is 0.421. The van der Waals surface area contributed by atoms with E-state index in [4.69, 9.17) is 4.42 Å². The van der Waals surface area contributed by atoms with Crippen LogP contribution in [0.5, 0.6) is 0 Å². The molecular formula is C38H44OS. The van der Waals surface area contributed by atoms with Gasteiger partial charge in [0.05, 0.1) is 0 Å². The van der Waals surface area contributed by atoms with Crippen LogP contribution in [0.2, 0.25) is 0 Å². The van der Waals surface area contributed by atoms with E-state index >= 15 is 0 Å². The molecule has 0 N–H and O–H groups in total. The first kappa shape index (κ1) is 27.3. The van der Waals surface area contributed by atoms with Gasteiger partial charge < -0.3 is 4.42 Å². The van der Waals surface area contributed by atoms with Crippen molar-refractivity contribution in [3.8, 4) is 0 Å². The van der Waals surface area contributed by atoms with Gasteiger partial charge >= 0.3 is 0 Å². The summed E-state index contributed by atoms with van der Waals surface area (Å²) in [5.74, 6) is 0. The van der Waals surface area contributed by atoms with Gasteiger partial charge in [0.15, 0.2) is 0 Å². The van der Waals surface area contributed by atoms with Crippen LogP contribution in [0.25, 0.3) is 52.9 Å². The molecule has 0 radical (unpaired) electrons. The quantitative estimate of drug-likeness (QED) is 0.123. The van der Waals surface area contributed by atoms with Gasteiger partial charge in [0, 0.05) is 41.7 Å². The van der Waals surface area contributed by atoms with Crippen molar-refractivity contribution < 1.29 is 4.42 Å². The average molecular weight is 549 g/mol. The summed E-state index contributed by atoms with van der Waals surface area (Å²) < 4.78 is 9.56. The maximum atomic E-state index is 6.72. The van der Waals surface area contributed by atoms with Gasteiger partial charge in [0.1, 0.15) is 11.2 Å². The van der Waals surface area contributed by atoms with Crippen LogP contribution < -0.4 is 0 Å². The maximum absolute atomic E-state index is 6.72. The fourth-order valence-electron chi connectivity index (χ4n) is 6.71. The number of hydrogen-bond donors (Lipinski definition) is 0. The lowest BCUT2D eigenvalue weighted by Gasteiger charge is -2.14. The number of hydrogen-bond acceptors (Lipinski definition) is 2. The molecule has 2 aromatic heterocycles. The first-order valence-corrected chi connectivity index (χ1v) is 16.8. The molecule has 4 aromatic carbocycles. The van der Waals surface area contributed by atoms with E-state index in [9.17, 15) is 0 Å². The number of rotatable bonds is 14. The molecule has 0 aliphatic heterocycles. The van der Waals surface area contributed by atoms with Crippen molar-refractivity contribution >= 4 is 64.2 Å². The van der Waals surface area contributed by atoms with Gasteiger partial charge in [-0.25, -0.2) is 0 Å². The summed E-state index contributed by atoms with van der Waals surface area (Å²) in [5, 5.41) is 8.26. The Bertz CT molecular complexity index is 1600. The molecule has 0 amide bonds. The molecule has 0 saturated heterocycles. The molecule has 0 bridgehead atoms. The zero-order chi connectivity index (χ0) is 27.3. The Morgan fingerprint density at radius 1 is 0.550 bits per heavy atom. The highest BCUT2D eigenvalue weighted by Gasteiger charge is 2.21. The van der Waals surface area contributed by atoms with Crippen LogP contribution in [-0.2, 0) is 12.8 Å². The van der Waals surface area contributed by atoms with Crippen LogP contribution in [-0.4, -0.2) is 0 Å². The smallest absolute Gasteiger partial charge is 0.143 e. The normalized spacial score (nSPS) is 12.2. The van der Waals surface area contributed by atoms with Crippen LogP contribution in [0.4, 0.5) is 0 Å². The Balaban J connectivity index is 1.52. The van der Waals surface area contributed by atoms with Crippen LogP contribution >= 0.6 is 11.3 Å². The topological polar surface area (TPSA) is 13.1 Å². The monoisotopic (exact) mass is 548 g/mol. The molecule has 0 spiro atoms. The molecule has 6 rings (SSSR count). The highest BCUT2D eigenvalue weighted by Crippen LogP contribution is 2.46. The minimum atomic E-state index is 1.01. The van der Waals surface area contributed by atoms with Gasteiger partial charge in [-0.05, 0) is 61.1 Å². The molecule has 2 heteroatoms. The predicted molar refractivity (Wildman–Crippen MR) is 178 cm³/mol. The standard InChI is InChI=1S/C38H44OS/c1-3-5-7-9-11-13-19-27-26-32-30-22-16-18-24-34(30)40-38(32)36-28(20-14-12-10-8-6-4-2)25-31-29-21-15-17-23-33(29)39-37(31)35(27)36/h15-18,21-26H,3-14,19-20H2,1-2H3. The minimum absolute atomic E-state index is 1.01. The summed E-state index contributed by atoms with van der Waals surface area (Å²) in [6.45, 7) is 4.60. The third-order valence-corrected chi connectivity index (χ3v) is 10.1. The van der Waals surface area contributed by atoms with Crippen LogP contribution in [0.15, 0.2) is 65.1 Å². The SMILES string of the molecule is CCCCCCCCc1cc2c3ccccc3sc2c2c(CCCCCCCC)cc3c4ccccc4oc3c12. The summed E-state index contributed by atoms with van der Waals surface area (Å²) >= 11 is 1.98. The van der Waals surface area contributed by atoms with Gasteiger partial charge in [0.2, 0.25) is 0 Å². The van der Waals surface area contributed by atoms with Crippen LogP contribution in [0.3, 0.4) is 0 Å². The summed E-state index contributed by atoms with van der Waals surface area (Å²) in [6.07, 6.45) is 18.1. The molecule has 1 nitrogen and oxygen atoms in total. The zero-order valence-electron chi connectivity index (χ0n) is 24.5. The van der Waals surface area contributed by atoms with Gasteiger partial charge in [-0.15, -0.1) is 11.3 Å². The predicted octanol–water partition coefficient (Wildman–Crippen LogP) is 12.9. The van der Waals surface area contributed by atoms with E-state index in [0.29, 0.717) is 0 Å². The van der Waals surface area contributed by atoms with E-state index in [1.165, 1.54) is 130 Å². The van der Waals surface area contributed by atoms with Crippen molar-refractivity contribution in [2.45, 2.75) is 104 Å². The zero-order valence-corrected chi connectivity index (χ0v) is 25.3. The van der Waals surface area contributed by atoms with Gasteiger partial charge in [-0.1, -0.05) is 114 Å². The van der Waals surface area contributed by atoms with Gasteiger partial charge in [-0.3, -0.25) is 0 Å². The molecule has 0 fully saturated rings. The van der Waals surface area contributed by atoms with E-state index in [-0.39, 0.29) is 0 Å². The Kier molecular flexibility index (Phi) is 8.73.